The SMILES string of the molecule is COC(=O)C1=C(C)N(C)C(=O)/C1=C\c1ccccc1C(F)(F)F. The number of carbonyl (C=O) groups excluding carboxylic acids is 2. The Hall–Kier alpha value is -2.57. The summed E-state index contributed by atoms with van der Waals surface area (Å²) in [5.41, 5.74) is -0.882. The molecule has 1 aromatic rings. The van der Waals surface area contributed by atoms with Crippen LogP contribution in [0.3, 0.4) is 0 Å². The van der Waals surface area contributed by atoms with Gasteiger partial charge in [-0.15, -0.1) is 0 Å². The van der Waals surface area contributed by atoms with Crippen LogP contribution in [0.15, 0.2) is 41.1 Å². The number of halogens is 3. The molecule has 1 aliphatic rings. The van der Waals surface area contributed by atoms with E-state index in [0.29, 0.717) is 5.70 Å². The molecule has 0 saturated heterocycles. The predicted molar refractivity (Wildman–Crippen MR) is 76.9 cm³/mol. The fourth-order valence-electron chi connectivity index (χ4n) is 2.33. The van der Waals surface area contributed by atoms with Gasteiger partial charge in [-0.25, -0.2) is 4.79 Å². The van der Waals surface area contributed by atoms with E-state index in [2.05, 4.69) is 4.74 Å². The summed E-state index contributed by atoms with van der Waals surface area (Å²) in [5.74, 6) is -1.32. The number of alkyl halides is 3. The summed E-state index contributed by atoms with van der Waals surface area (Å²) in [6.07, 6.45) is -3.49. The average Bonchev–Trinajstić information content (AvgIpc) is 2.70. The minimum absolute atomic E-state index is 0.0306. The number of rotatable bonds is 2. The maximum absolute atomic E-state index is 13.1. The number of allylic oxidation sites excluding steroid dienone is 1. The number of carbonyl (C=O) groups is 2. The van der Waals surface area contributed by atoms with Crippen molar-refractivity contribution in [1.29, 1.82) is 0 Å². The number of benzene rings is 1. The second-order valence-electron chi connectivity index (χ2n) is 4.96. The lowest BCUT2D eigenvalue weighted by Gasteiger charge is -2.11. The van der Waals surface area contributed by atoms with Crippen LogP contribution in [0.2, 0.25) is 0 Å². The van der Waals surface area contributed by atoms with Crippen molar-refractivity contribution in [3.63, 3.8) is 0 Å². The van der Waals surface area contributed by atoms with E-state index in [9.17, 15) is 22.8 Å². The lowest BCUT2D eigenvalue weighted by atomic mass is 10.00. The molecule has 2 rings (SSSR count). The molecule has 4 nitrogen and oxygen atoms in total. The van der Waals surface area contributed by atoms with Crippen LogP contribution in [0.25, 0.3) is 6.08 Å². The molecule has 0 aromatic heterocycles. The fourth-order valence-corrected chi connectivity index (χ4v) is 2.33. The summed E-state index contributed by atoms with van der Waals surface area (Å²) >= 11 is 0. The second kappa shape index (κ2) is 5.91. The van der Waals surface area contributed by atoms with Gasteiger partial charge in [0.2, 0.25) is 0 Å². The maximum atomic E-state index is 13.1. The van der Waals surface area contributed by atoms with Crippen LogP contribution in [-0.2, 0) is 20.5 Å². The highest BCUT2D eigenvalue weighted by Gasteiger charge is 2.37. The van der Waals surface area contributed by atoms with Gasteiger partial charge in [-0.3, -0.25) is 4.79 Å². The molecule has 1 heterocycles. The summed E-state index contributed by atoms with van der Waals surface area (Å²) in [4.78, 5) is 25.3. The minimum Gasteiger partial charge on any atom is -0.465 e. The van der Waals surface area contributed by atoms with Crippen molar-refractivity contribution in [2.24, 2.45) is 0 Å². The zero-order valence-corrected chi connectivity index (χ0v) is 12.7. The lowest BCUT2D eigenvalue weighted by molar-refractivity contribution is -0.138. The van der Waals surface area contributed by atoms with Crippen LogP contribution in [0.5, 0.6) is 0 Å². The first-order valence-electron chi connectivity index (χ1n) is 6.64. The molecule has 0 N–H and O–H groups in total. The van der Waals surface area contributed by atoms with Gasteiger partial charge in [-0.2, -0.15) is 13.2 Å². The molecule has 1 aliphatic heterocycles. The number of amides is 1. The molecule has 122 valence electrons. The highest BCUT2D eigenvalue weighted by atomic mass is 19.4. The van der Waals surface area contributed by atoms with Gasteiger partial charge in [-0.05, 0) is 24.6 Å². The third-order valence-electron chi connectivity index (χ3n) is 3.62. The molecule has 0 atom stereocenters. The van der Waals surface area contributed by atoms with Gasteiger partial charge in [0.25, 0.3) is 5.91 Å². The Labute approximate surface area is 130 Å². The average molecular weight is 325 g/mol. The van der Waals surface area contributed by atoms with E-state index in [1.165, 1.54) is 37.1 Å². The fraction of sp³-hybridized carbons (Fsp3) is 0.250. The monoisotopic (exact) mass is 325 g/mol. The number of methoxy groups -OCH3 is 1. The first-order valence-corrected chi connectivity index (χ1v) is 6.64. The minimum atomic E-state index is -4.56. The summed E-state index contributed by atoms with van der Waals surface area (Å²) in [7, 11) is 2.59. The lowest BCUT2D eigenvalue weighted by Crippen LogP contribution is -2.19. The van der Waals surface area contributed by atoms with Crippen LogP contribution in [0.1, 0.15) is 18.1 Å². The van der Waals surface area contributed by atoms with Crippen molar-refractivity contribution in [2.75, 3.05) is 14.2 Å². The van der Waals surface area contributed by atoms with E-state index in [1.54, 1.807) is 0 Å². The molecule has 0 saturated carbocycles. The van der Waals surface area contributed by atoms with E-state index in [1.807, 2.05) is 0 Å². The molecule has 0 unspecified atom stereocenters. The van der Waals surface area contributed by atoms with Gasteiger partial charge in [0, 0.05) is 12.7 Å². The number of likely N-dealkylation sites (N-methyl/N-ethyl adjacent to an activating group) is 1. The zero-order valence-electron chi connectivity index (χ0n) is 12.7. The van der Waals surface area contributed by atoms with Crippen LogP contribution >= 0.6 is 0 Å². The molecule has 0 radical (unpaired) electrons. The smallest absolute Gasteiger partial charge is 0.416 e. The summed E-state index contributed by atoms with van der Waals surface area (Å²) in [5, 5.41) is 0. The van der Waals surface area contributed by atoms with E-state index in [-0.39, 0.29) is 16.7 Å². The highest BCUT2D eigenvalue weighted by Crippen LogP contribution is 2.35. The molecule has 0 bridgehead atoms. The topological polar surface area (TPSA) is 46.6 Å². The van der Waals surface area contributed by atoms with Crippen molar-refractivity contribution >= 4 is 18.0 Å². The third kappa shape index (κ3) is 2.99. The molecule has 0 fully saturated rings. The van der Waals surface area contributed by atoms with Gasteiger partial charge in [0.1, 0.15) is 0 Å². The van der Waals surface area contributed by atoms with E-state index < -0.39 is 23.6 Å². The third-order valence-corrected chi connectivity index (χ3v) is 3.62. The van der Waals surface area contributed by atoms with Crippen molar-refractivity contribution < 1.29 is 27.5 Å². The zero-order chi connectivity index (χ0) is 17.4. The molecule has 0 aliphatic carbocycles. The Bertz CT molecular complexity index is 732. The Balaban J connectivity index is 2.63. The molecule has 7 heteroatoms. The summed E-state index contributed by atoms with van der Waals surface area (Å²) in [6, 6.07) is 4.85. The van der Waals surface area contributed by atoms with Gasteiger partial charge in [-0.1, -0.05) is 18.2 Å². The molecular formula is C16H14F3NO3. The predicted octanol–water partition coefficient (Wildman–Crippen LogP) is 3.01. The normalized spacial score (nSPS) is 17.2. The standard InChI is InChI=1S/C16H14F3NO3/c1-9-13(15(22)23-3)11(14(21)20(9)2)8-10-6-4-5-7-12(10)16(17,18)19/h4-8H,1-3H3/b11-8-. The summed E-state index contributed by atoms with van der Waals surface area (Å²) < 4.78 is 43.8. The second-order valence-corrected chi connectivity index (χ2v) is 4.96. The van der Waals surface area contributed by atoms with Crippen LogP contribution in [0.4, 0.5) is 13.2 Å². The van der Waals surface area contributed by atoms with Crippen LogP contribution < -0.4 is 0 Å². The molecule has 1 aromatic carbocycles. The maximum Gasteiger partial charge on any atom is 0.416 e. The Morgan fingerprint density at radius 2 is 1.87 bits per heavy atom. The van der Waals surface area contributed by atoms with E-state index in [0.717, 1.165) is 19.3 Å². The Morgan fingerprint density at radius 3 is 2.43 bits per heavy atom. The van der Waals surface area contributed by atoms with Crippen LogP contribution in [0, 0.1) is 0 Å². The Kier molecular flexibility index (Phi) is 4.31. The number of hydrogen-bond donors (Lipinski definition) is 0. The van der Waals surface area contributed by atoms with Gasteiger partial charge < -0.3 is 9.64 Å². The van der Waals surface area contributed by atoms with E-state index in [4.69, 9.17) is 0 Å². The van der Waals surface area contributed by atoms with Crippen molar-refractivity contribution in [1.82, 2.24) is 4.90 Å². The first kappa shape index (κ1) is 16.8. The molecular weight excluding hydrogens is 311 g/mol. The van der Waals surface area contributed by atoms with E-state index >= 15 is 0 Å². The largest absolute Gasteiger partial charge is 0.465 e. The van der Waals surface area contributed by atoms with Crippen LogP contribution in [-0.4, -0.2) is 30.9 Å². The number of nitrogens with zero attached hydrogens (tertiary/aromatic N) is 1. The van der Waals surface area contributed by atoms with Gasteiger partial charge >= 0.3 is 12.1 Å². The number of hydrogen-bond acceptors (Lipinski definition) is 3. The highest BCUT2D eigenvalue weighted by molar-refractivity contribution is 6.16. The number of esters is 1. The van der Waals surface area contributed by atoms with Gasteiger partial charge in [0.15, 0.2) is 0 Å². The van der Waals surface area contributed by atoms with Crippen molar-refractivity contribution in [3.8, 4) is 0 Å². The molecule has 0 spiro atoms. The van der Waals surface area contributed by atoms with Crippen molar-refractivity contribution in [3.05, 3.63) is 52.2 Å². The molecule has 1 amide bonds. The Morgan fingerprint density at radius 1 is 1.26 bits per heavy atom. The molecule has 23 heavy (non-hydrogen) atoms. The first-order chi connectivity index (χ1) is 10.7. The number of ether oxygens (including phenoxy) is 1. The summed E-state index contributed by atoms with van der Waals surface area (Å²) in [6.45, 7) is 1.53. The quantitative estimate of drug-likeness (QED) is 0.620. The van der Waals surface area contributed by atoms with Gasteiger partial charge in [0.05, 0.1) is 23.8 Å². The van der Waals surface area contributed by atoms with Crippen molar-refractivity contribution in [2.45, 2.75) is 13.1 Å².